The standard InChI is InChI=1S/C14H20N2O3S/c1-11(2)14(17)10-16-6-7-20(18,19)13-5-3-4-12(8-13)9-15/h3-5,8,11,14,16-17H,6-7,10H2,1-2H3. The molecular formula is C14H20N2O3S. The van der Waals surface area contributed by atoms with Crippen molar-refractivity contribution >= 4 is 9.84 Å². The summed E-state index contributed by atoms with van der Waals surface area (Å²) in [6.07, 6.45) is -0.486. The maximum absolute atomic E-state index is 12.1. The van der Waals surface area contributed by atoms with E-state index in [0.717, 1.165) is 0 Å². The lowest BCUT2D eigenvalue weighted by Gasteiger charge is -2.15. The molecule has 20 heavy (non-hydrogen) atoms. The quantitative estimate of drug-likeness (QED) is 0.731. The van der Waals surface area contributed by atoms with E-state index in [4.69, 9.17) is 5.26 Å². The van der Waals surface area contributed by atoms with Crippen LogP contribution < -0.4 is 5.32 Å². The Morgan fingerprint density at radius 2 is 2.10 bits per heavy atom. The Bertz CT molecular complexity index is 576. The molecule has 6 heteroatoms. The Morgan fingerprint density at radius 1 is 1.40 bits per heavy atom. The van der Waals surface area contributed by atoms with E-state index in [1.807, 2.05) is 19.9 Å². The molecule has 0 heterocycles. The highest BCUT2D eigenvalue weighted by Crippen LogP contribution is 2.12. The number of hydrogen-bond donors (Lipinski definition) is 2. The molecule has 0 radical (unpaired) electrons. The van der Waals surface area contributed by atoms with Crippen LogP contribution in [0.1, 0.15) is 19.4 Å². The summed E-state index contributed by atoms with van der Waals surface area (Å²) in [5.74, 6) is 0.0681. The highest BCUT2D eigenvalue weighted by Gasteiger charge is 2.15. The lowest BCUT2D eigenvalue weighted by Crippen LogP contribution is -2.33. The van der Waals surface area contributed by atoms with E-state index in [9.17, 15) is 13.5 Å². The molecule has 0 aliphatic rings. The van der Waals surface area contributed by atoms with Gasteiger partial charge >= 0.3 is 0 Å². The third-order valence-corrected chi connectivity index (χ3v) is 4.71. The maximum Gasteiger partial charge on any atom is 0.179 e. The molecule has 5 nitrogen and oxygen atoms in total. The molecule has 1 aromatic carbocycles. The van der Waals surface area contributed by atoms with Crippen LogP contribution in [0.3, 0.4) is 0 Å². The van der Waals surface area contributed by atoms with Gasteiger partial charge in [-0.05, 0) is 24.1 Å². The number of rotatable bonds is 7. The zero-order chi connectivity index (χ0) is 15.2. The average Bonchev–Trinajstić information content (AvgIpc) is 2.43. The maximum atomic E-state index is 12.1. The van der Waals surface area contributed by atoms with E-state index >= 15 is 0 Å². The van der Waals surface area contributed by atoms with Gasteiger partial charge in [-0.25, -0.2) is 8.42 Å². The molecule has 1 rings (SSSR count). The van der Waals surface area contributed by atoms with Gasteiger partial charge in [0.2, 0.25) is 0 Å². The van der Waals surface area contributed by atoms with Crippen LogP contribution in [0, 0.1) is 17.2 Å². The zero-order valence-electron chi connectivity index (χ0n) is 11.7. The van der Waals surface area contributed by atoms with Gasteiger partial charge in [0.1, 0.15) is 0 Å². The zero-order valence-corrected chi connectivity index (χ0v) is 12.5. The van der Waals surface area contributed by atoms with Gasteiger partial charge in [0.05, 0.1) is 28.4 Å². The fourth-order valence-corrected chi connectivity index (χ4v) is 2.81. The summed E-state index contributed by atoms with van der Waals surface area (Å²) in [5, 5.41) is 21.3. The summed E-state index contributed by atoms with van der Waals surface area (Å²) in [5.41, 5.74) is 0.328. The molecule has 1 atom stereocenters. The van der Waals surface area contributed by atoms with Gasteiger partial charge in [-0.1, -0.05) is 19.9 Å². The van der Waals surface area contributed by atoms with Crippen molar-refractivity contribution in [2.75, 3.05) is 18.8 Å². The number of nitriles is 1. The van der Waals surface area contributed by atoms with Gasteiger partial charge in [0.15, 0.2) is 9.84 Å². The molecule has 0 aliphatic heterocycles. The van der Waals surface area contributed by atoms with E-state index in [1.165, 1.54) is 12.1 Å². The van der Waals surface area contributed by atoms with E-state index in [2.05, 4.69) is 5.32 Å². The molecule has 110 valence electrons. The molecule has 0 fully saturated rings. The second-order valence-electron chi connectivity index (χ2n) is 4.97. The third-order valence-electron chi connectivity index (χ3n) is 2.99. The topological polar surface area (TPSA) is 90.2 Å². The van der Waals surface area contributed by atoms with Gasteiger partial charge in [-0.15, -0.1) is 0 Å². The molecule has 0 spiro atoms. The third kappa shape index (κ3) is 4.93. The molecule has 0 bridgehead atoms. The summed E-state index contributed by atoms with van der Waals surface area (Å²) < 4.78 is 24.1. The second-order valence-corrected chi connectivity index (χ2v) is 7.08. The van der Waals surface area contributed by atoms with Gasteiger partial charge < -0.3 is 10.4 Å². The van der Waals surface area contributed by atoms with Gasteiger partial charge in [0.25, 0.3) is 0 Å². The van der Waals surface area contributed by atoms with Crippen molar-refractivity contribution in [3.05, 3.63) is 29.8 Å². The lowest BCUT2D eigenvalue weighted by molar-refractivity contribution is 0.124. The van der Waals surface area contributed by atoms with Gasteiger partial charge in [-0.3, -0.25) is 0 Å². The number of sulfone groups is 1. The van der Waals surface area contributed by atoms with Crippen molar-refractivity contribution in [3.8, 4) is 6.07 Å². The Kier molecular flexibility index (Phi) is 6.14. The van der Waals surface area contributed by atoms with Crippen LogP contribution in [0.4, 0.5) is 0 Å². The first-order valence-electron chi connectivity index (χ1n) is 6.48. The summed E-state index contributed by atoms with van der Waals surface area (Å²) in [6.45, 7) is 4.43. The second kappa shape index (κ2) is 7.39. The fourth-order valence-electron chi connectivity index (χ4n) is 1.57. The van der Waals surface area contributed by atoms with Crippen LogP contribution in [0.15, 0.2) is 29.2 Å². The van der Waals surface area contributed by atoms with Crippen LogP contribution >= 0.6 is 0 Å². The predicted octanol–water partition coefficient (Wildman–Crippen LogP) is 0.938. The van der Waals surface area contributed by atoms with E-state index in [0.29, 0.717) is 12.1 Å². The number of nitrogens with one attached hydrogen (secondary N) is 1. The number of aliphatic hydroxyl groups excluding tert-OH is 1. The summed E-state index contributed by atoms with van der Waals surface area (Å²) >= 11 is 0. The van der Waals surface area contributed by atoms with E-state index < -0.39 is 15.9 Å². The Morgan fingerprint density at radius 3 is 2.70 bits per heavy atom. The first kappa shape index (κ1) is 16.6. The Balaban J connectivity index is 2.56. The molecule has 1 unspecified atom stereocenters. The van der Waals surface area contributed by atoms with Gasteiger partial charge in [-0.2, -0.15) is 5.26 Å². The molecule has 0 aliphatic carbocycles. The average molecular weight is 296 g/mol. The minimum atomic E-state index is -3.41. The molecule has 0 aromatic heterocycles. The van der Waals surface area contributed by atoms with Crippen LogP contribution in [-0.4, -0.2) is 38.5 Å². The monoisotopic (exact) mass is 296 g/mol. The van der Waals surface area contributed by atoms with E-state index in [-0.39, 0.29) is 23.1 Å². The van der Waals surface area contributed by atoms with E-state index in [1.54, 1.807) is 12.1 Å². The van der Waals surface area contributed by atoms with Crippen LogP contribution in [0.25, 0.3) is 0 Å². The molecule has 1 aromatic rings. The summed E-state index contributed by atoms with van der Waals surface area (Å²) in [4.78, 5) is 0.155. The van der Waals surface area contributed by atoms with Crippen LogP contribution in [0.2, 0.25) is 0 Å². The lowest BCUT2D eigenvalue weighted by atomic mass is 10.1. The Labute approximate surface area is 120 Å². The predicted molar refractivity (Wildman–Crippen MR) is 76.9 cm³/mol. The first-order chi connectivity index (χ1) is 9.36. The van der Waals surface area contributed by atoms with Crippen LogP contribution in [-0.2, 0) is 9.84 Å². The highest BCUT2D eigenvalue weighted by atomic mass is 32.2. The number of nitrogens with zero attached hydrogens (tertiary/aromatic N) is 1. The fraction of sp³-hybridized carbons (Fsp3) is 0.500. The van der Waals surface area contributed by atoms with Crippen molar-refractivity contribution in [3.63, 3.8) is 0 Å². The highest BCUT2D eigenvalue weighted by molar-refractivity contribution is 7.91. The van der Waals surface area contributed by atoms with Crippen molar-refractivity contribution in [1.29, 1.82) is 5.26 Å². The summed E-state index contributed by atoms with van der Waals surface area (Å²) in [7, 11) is -3.41. The first-order valence-corrected chi connectivity index (χ1v) is 8.13. The minimum Gasteiger partial charge on any atom is -0.392 e. The molecule has 2 N–H and O–H groups in total. The Hall–Kier alpha value is -1.42. The molecule has 0 saturated heterocycles. The number of aliphatic hydroxyl groups is 1. The SMILES string of the molecule is CC(C)C(O)CNCCS(=O)(=O)c1cccc(C#N)c1. The normalized spacial score (nSPS) is 13.2. The molecular weight excluding hydrogens is 276 g/mol. The van der Waals surface area contributed by atoms with Gasteiger partial charge in [0, 0.05) is 13.1 Å². The van der Waals surface area contributed by atoms with Crippen molar-refractivity contribution in [2.24, 2.45) is 5.92 Å². The molecule has 0 saturated carbocycles. The molecule has 0 amide bonds. The smallest absolute Gasteiger partial charge is 0.179 e. The number of hydrogen-bond acceptors (Lipinski definition) is 5. The summed E-state index contributed by atoms with van der Waals surface area (Å²) in [6, 6.07) is 7.90. The van der Waals surface area contributed by atoms with Crippen molar-refractivity contribution in [1.82, 2.24) is 5.32 Å². The van der Waals surface area contributed by atoms with Crippen molar-refractivity contribution < 1.29 is 13.5 Å². The van der Waals surface area contributed by atoms with Crippen molar-refractivity contribution in [2.45, 2.75) is 24.8 Å². The largest absolute Gasteiger partial charge is 0.392 e. The minimum absolute atomic E-state index is 0.0628. The number of benzene rings is 1. The van der Waals surface area contributed by atoms with Crippen LogP contribution in [0.5, 0.6) is 0 Å².